The monoisotopic (exact) mass is 368 g/mol. The van der Waals surface area contributed by atoms with Gasteiger partial charge in [-0.25, -0.2) is 10.5 Å². The highest BCUT2D eigenvalue weighted by molar-refractivity contribution is 6.28. The maximum absolute atomic E-state index is 10.4. The number of hydrogen-bond acceptors (Lipinski definition) is 10. The quantitative estimate of drug-likeness (QED) is 0.438. The molecule has 3 N–H and O–H groups in total. The standard InChI is InChI=1S/C13H13ClN6O5/c1-23-19-10-6-11(17-13(14)16-10)20(4-15-6)12-8(22)7(21)9(25-12)5-2-3-24-18-5/h2-4,7-9,12,21-22H,1H3,(H,16,17,19)/t7-,8+,9+,12+/m0/s1. The van der Waals surface area contributed by atoms with Crippen molar-refractivity contribution in [2.45, 2.75) is 24.5 Å². The molecule has 132 valence electrons. The Bertz CT molecular complexity index is 887. The molecule has 25 heavy (non-hydrogen) atoms. The molecule has 4 heterocycles. The number of aliphatic hydroxyl groups is 2. The molecule has 1 saturated heterocycles. The zero-order valence-electron chi connectivity index (χ0n) is 12.8. The summed E-state index contributed by atoms with van der Waals surface area (Å²) in [5.41, 5.74) is 3.59. The van der Waals surface area contributed by atoms with Crippen molar-refractivity contribution >= 4 is 28.6 Å². The molecule has 3 aromatic rings. The lowest BCUT2D eigenvalue weighted by Gasteiger charge is -2.16. The Morgan fingerprint density at radius 3 is 2.88 bits per heavy atom. The Labute approximate surface area is 145 Å². The van der Waals surface area contributed by atoms with Gasteiger partial charge in [-0.2, -0.15) is 9.97 Å². The molecule has 0 bridgehead atoms. The lowest BCUT2D eigenvalue weighted by molar-refractivity contribution is -0.0377. The van der Waals surface area contributed by atoms with Gasteiger partial charge in [0.25, 0.3) is 0 Å². The number of nitrogens with one attached hydrogen (secondary N) is 1. The Kier molecular flexibility index (Phi) is 4.01. The topological polar surface area (TPSA) is 141 Å². The first-order valence-electron chi connectivity index (χ1n) is 7.21. The van der Waals surface area contributed by atoms with Crippen LogP contribution in [0.15, 0.2) is 23.2 Å². The minimum atomic E-state index is -1.24. The molecule has 0 aromatic carbocycles. The Balaban J connectivity index is 1.75. The predicted octanol–water partition coefficient (Wildman–Crippen LogP) is 0.433. The first-order valence-corrected chi connectivity index (χ1v) is 7.59. The summed E-state index contributed by atoms with van der Waals surface area (Å²) in [4.78, 5) is 17.2. The van der Waals surface area contributed by atoms with Crippen molar-refractivity contribution in [1.82, 2.24) is 24.7 Å². The zero-order valence-corrected chi connectivity index (χ0v) is 13.5. The van der Waals surface area contributed by atoms with E-state index >= 15 is 0 Å². The van der Waals surface area contributed by atoms with E-state index in [1.807, 2.05) is 0 Å². The minimum Gasteiger partial charge on any atom is -0.387 e. The largest absolute Gasteiger partial charge is 0.387 e. The van der Waals surface area contributed by atoms with Crippen molar-refractivity contribution in [2.24, 2.45) is 0 Å². The van der Waals surface area contributed by atoms with Crippen LogP contribution < -0.4 is 5.48 Å². The summed E-state index contributed by atoms with van der Waals surface area (Å²) in [7, 11) is 1.42. The van der Waals surface area contributed by atoms with Crippen LogP contribution in [0, 0.1) is 0 Å². The third-order valence-electron chi connectivity index (χ3n) is 3.85. The van der Waals surface area contributed by atoms with Gasteiger partial charge in [0.15, 0.2) is 23.2 Å². The predicted molar refractivity (Wildman–Crippen MR) is 82.3 cm³/mol. The number of nitrogens with zero attached hydrogens (tertiary/aromatic N) is 5. The first-order chi connectivity index (χ1) is 12.1. The Morgan fingerprint density at radius 2 is 2.16 bits per heavy atom. The van der Waals surface area contributed by atoms with Gasteiger partial charge in [0, 0.05) is 6.07 Å². The lowest BCUT2D eigenvalue weighted by Crippen LogP contribution is -2.29. The van der Waals surface area contributed by atoms with Gasteiger partial charge >= 0.3 is 0 Å². The highest BCUT2D eigenvalue weighted by atomic mass is 35.5. The zero-order chi connectivity index (χ0) is 17.6. The van der Waals surface area contributed by atoms with Crippen molar-refractivity contribution in [3.8, 4) is 0 Å². The number of hydrogen-bond donors (Lipinski definition) is 3. The molecule has 1 fully saturated rings. The van der Waals surface area contributed by atoms with Gasteiger partial charge in [0.1, 0.15) is 30.3 Å². The number of aliphatic hydroxyl groups excluding tert-OH is 2. The number of halogens is 1. The van der Waals surface area contributed by atoms with Crippen LogP contribution in [0.4, 0.5) is 5.82 Å². The molecule has 1 aliphatic rings. The fraction of sp³-hybridized carbons (Fsp3) is 0.385. The maximum Gasteiger partial charge on any atom is 0.226 e. The summed E-state index contributed by atoms with van der Waals surface area (Å²) in [6.45, 7) is 0. The van der Waals surface area contributed by atoms with E-state index in [-0.39, 0.29) is 11.1 Å². The van der Waals surface area contributed by atoms with Crippen molar-refractivity contribution in [3.63, 3.8) is 0 Å². The fourth-order valence-electron chi connectivity index (χ4n) is 2.75. The average molecular weight is 369 g/mol. The number of aromatic nitrogens is 5. The molecule has 0 aliphatic carbocycles. The summed E-state index contributed by atoms with van der Waals surface area (Å²) in [5.74, 6) is 0.261. The number of fused-ring (bicyclic) bond motifs is 1. The number of ether oxygens (including phenoxy) is 1. The van der Waals surface area contributed by atoms with Crippen LogP contribution in [0.2, 0.25) is 5.28 Å². The highest BCUT2D eigenvalue weighted by Crippen LogP contribution is 2.39. The second kappa shape index (κ2) is 6.20. The molecule has 11 nitrogen and oxygen atoms in total. The van der Waals surface area contributed by atoms with Gasteiger partial charge < -0.3 is 19.5 Å². The molecular formula is C13H13ClN6O5. The number of imidazole rings is 1. The van der Waals surface area contributed by atoms with E-state index in [1.54, 1.807) is 6.07 Å². The summed E-state index contributed by atoms with van der Waals surface area (Å²) >= 11 is 5.94. The smallest absolute Gasteiger partial charge is 0.226 e. The molecule has 1 aliphatic heterocycles. The van der Waals surface area contributed by atoms with E-state index in [4.69, 9.17) is 25.7 Å². The first kappa shape index (κ1) is 16.2. The van der Waals surface area contributed by atoms with E-state index in [0.717, 1.165) is 0 Å². The van der Waals surface area contributed by atoms with Gasteiger partial charge in [0.2, 0.25) is 5.28 Å². The highest BCUT2D eigenvalue weighted by Gasteiger charge is 2.46. The molecule has 0 saturated carbocycles. The van der Waals surface area contributed by atoms with Crippen LogP contribution in [0.1, 0.15) is 18.0 Å². The van der Waals surface area contributed by atoms with Gasteiger partial charge in [-0.1, -0.05) is 5.16 Å². The third kappa shape index (κ3) is 2.62. The van der Waals surface area contributed by atoms with Crippen LogP contribution in [-0.2, 0) is 9.57 Å². The average Bonchev–Trinajstić information content (AvgIpc) is 3.29. The van der Waals surface area contributed by atoms with Crippen molar-refractivity contribution in [3.05, 3.63) is 29.6 Å². The number of rotatable bonds is 4. The lowest BCUT2D eigenvalue weighted by atomic mass is 10.1. The van der Waals surface area contributed by atoms with E-state index in [2.05, 4.69) is 25.6 Å². The van der Waals surface area contributed by atoms with Crippen LogP contribution in [0.3, 0.4) is 0 Å². The van der Waals surface area contributed by atoms with Gasteiger partial charge in [0.05, 0.1) is 13.4 Å². The summed E-state index contributed by atoms with van der Waals surface area (Å²) in [5, 5.41) is 24.4. The maximum atomic E-state index is 10.4. The third-order valence-corrected chi connectivity index (χ3v) is 4.02. The summed E-state index contributed by atoms with van der Waals surface area (Å²) in [6.07, 6.45) is -1.50. The van der Waals surface area contributed by atoms with Gasteiger partial charge in [-0.3, -0.25) is 9.40 Å². The minimum absolute atomic E-state index is 0.0464. The van der Waals surface area contributed by atoms with E-state index in [0.29, 0.717) is 16.9 Å². The van der Waals surface area contributed by atoms with Crippen LogP contribution >= 0.6 is 11.6 Å². The van der Waals surface area contributed by atoms with Crippen LogP contribution in [0.25, 0.3) is 11.2 Å². The van der Waals surface area contributed by atoms with Crippen molar-refractivity contribution in [2.75, 3.05) is 12.6 Å². The summed E-state index contributed by atoms with van der Waals surface area (Å²) < 4.78 is 12.0. The van der Waals surface area contributed by atoms with Crippen molar-refractivity contribution in [1.29, 1.82) is 0 Å². The molecule has 12 heteroatoms. The van der Waals surface area contributed by atoms with E-state index in [1.165, 1.54) is 24.3 Å². The van der Waals surface area contributed by atoms with Gasteiger partial charge in [-0.05, 0) is 11.6 Å². The number of anilines is 1. The van der Waals surface area contributed by atoms with E-state index < -0.39 is 24.5 Å². The van der Waals surface area contributed by atoms with Crippen LogP contribution in [-0.4, -0.2) is 54.2 Å². The molecule has 3 aromatic heterocycles. The molecule has 0 unspecified atom stereocenters. The van der Waals surface area contributed by atoms with E-state index in [9.17, 15) is 10.2 Å². The molecule has 0 amide bonds. The fourth-order valence-corrected chi connectivity index (χ4v) is 2.91. The molecule has 0 radical (unpaired) electrons. The molecule has 4 rings (SSSR count). The van der Waals surface area contributed by atoms with Crippen LogP contribution in [0.5, 0.6) is 0 Å². The van der Waals surface area contributed by atoms with Crippen molar-refractivity contribution < 1.29 is 24.3 Å². The normalized spacial score (nSPS) is 26.4. The SMILES string of the molecule is CONc1nc(Cl)nc2c1ncn2[C@@H]1O[C@H](c2ccon2)[C@@H](O)[C@H]1O. The Hall–Kier alpha value is -2.31. The second-order valence-corrected chi connectivity index (χ2v) is 5.66. The molecule has 0 spiro atoms. The Morgan fingerprint density at radius 1 is 1.32 bits per heavy atom. The molecular weight excluding hydrogens is 356 g/mol. The van der Waals surface area contributed by atoms with Gasteiger partial charge in [-0.15, -0.1) is 0 Å². The molecule has 4 atom stereocenters. The summed E-state index contributed by atoms with van der Waals surface area (Å²) in [6, 6.07) is 1.55. The second-order valence-electron chi connectivity index (χ2n) is 5.32.